The zero-order chi connectivity index (χ0) is 28.9. The number of carbonyl (C=O) groups is 1. The molecule has 0 radical (unpaired) electrons. The van der Waals surface area contributed by atoms with E-state index in [0.29, 0.717) is 17.2 Å². The summed E-state index contributed by atoms with van der Waals surface area (Å²) in [6.07, 6.45) is 4.76. The molecule has 0 amide bonds. The molecule has 39 heavy (non-hydrogen) atoms. The first-order valence-corrected chi connectivity index (χ1v) is 14.8. The Morgan fingerprint density at radius 1 is 1.08 bits per heavy atom. The minimum absolute atomic E-state index is 0.00573. The first kappa shape index (κ1) is 29.9. The van der Waals surface area contributed by atoms with Crippen molar-refractivity contribution in [3.63, 3.8) is 0 Å². The van der Waals surface area contributed by atoms with Crippen molar-refractivity contribution in [1.82, 2.24) is 14.4 Å². The van der Waals surface area contributed by atoms with Gasteiger partial charge in [-0.05, 0) is 66.8 Å². The number of methoxy groups -OCH3 is 1. The van der Waals surface area contributed by atoms with Crippen LogP contribution in [0.5, 0.6) is 6.01 Å². The van der Waals surface area contributed by atoms with Crippen molar-refractivity contribution in [3.8, 4) is 6.01 Å². The van der Waals surface area contributed by atoms with Crippen LogP contribution in [-0.2, 0) is 11.3 Å². The second-order valence-corrected chi connectivity index (χ2v) is 14.6. The van der Waals surface area contributed by atoms with Crippen LogP contribution in [0.15, 0.2) is 4.79 Å². The highest BCUT2D eigenvalue weighted by Crippen LogP contribution is 2.50. The molecule has 0 bridgehead atoms. The van der Waals surface area contributed by atoms with Crippen LogP contribution in [0.4, 0.5) is 0 Å². The van der Waals surface area contributed by atoms with Crippen LogP contribution in [0.1, 0.15) is 115 Å². The van der Waals surface area contributed by atoms with Gasteiger partial charge >= 0.3 is 11.7 Å². The number of alkyl halides is 1. The van der Waals surface area contributed by atoms with E-state index in [1.165, 1.54) is 11.5 Å². The number of aliphatic hydroxyl groups is 1. The fourth-order valence-corrected chi connectivity index (χ4v) is 7.26. The number of nitrogens with one attached hydrogen (secondary N) is 1. The van der Waals surface area contributed by atoms with Crippen molar-refractivity contribution >= 4 is 23.2 Å². The maximum Gasteiger partial charge on any atom is 0.342 e. The molecule has 218 valence electrons. The Hall–Kier alpha value is -2.06. The van der Waals surface area contributed by atoms with Gasteiger partial charge in [0.05, 0.1) is 19.4 Å². The lowest BCUT2D eigenvalue weighted by Gasteiger charge is -2.50. The molecule has 0 aromatic carbocycles. The number of nitrogens with zero attached hydrogens (tertiary/aromatic N) is 2. The third-order valence-corrected chi connectivity index (χ3v) is 9.53. The van der Waals surface area contributed by atoms with Gasteiger partial charge in [-0.1, -0.05) is 48.5 Å². The minimum atomic E-state index is -0.515. The predicted molar refractivity (Wildman–Crippen MR) is 153 cm³/mol. The molecule has 2 fully saturated rings. The van der Waals surface area contributed by atoms with Crippen molar-refractivity contribution < 1.29 is 19.4 Å². The van der Waals surface area contributed by atoms with Gasteiger partial charge in [0, 0.05) is 17.2 Å². The van der Waals surface area contributed by atoms with E-state index < -0.39 is 18.3 Å². The number of ether oxygens (including phenoxy) is 2. The van der Waals surface area contributed by atoms with E-state index in [2.05, 4.69) is 58.4 Å². The lowest BCUT2D eigenvalue weighted by Crippen LogP contribution is -2.49. The summed E-state index contributed by atoms with van der Waals surface area (Å²) in [5.74, 6) is 0.331. The molecule has 2 N–H and O–H groups in total. The number of halogens is 1. The summed E-state index contributed by atoms with van der Waals surface area (Å²) in [6.45, 7) is 15.2. The van der Waals surface area contributed by atoms with Gasteiger partial charge in [0.15, 0.2) is 5.65 Å². The molecule has 4 rings (SSSR count). The zero-order valence-corrected chi connectivity index (χ0v) is 25.5. The Bertz CT molecular complexity index is 1220. The lowest BCUT2D eigenvalue weighted by atomic mass is 9.59. The monoisotopic (exact) mass is 563 g/mol. The topological polar surface area (TPSA) is 106 Å². The average molecular weight is 564 g/mol. The maximum absolute atomic E-state index is 14.4. The van der Waals surface area contributed by atoms with Gasteiger partial charge in [-0.3, -0.25) is 4.98 Å². The molecule has 0 saturated heterocycles. The molecule has 2 heterocycles. The number of carbonyl (C=O) groups excluding carboxylic acids is 1. The summed E-state index contributed by atoms with van der Waals surface area (Å²) in [5, 5.41) is 10.6. The van der Waals surface area contributed by atoms with E-state index >= 15 is 0 Å². The second-order valence-electron chi connectivity index (χ2n) is 13.9. The Labute approximate surface area is 236 Å². The summed E-state index contributed by atoms with van der Waals surface area (Å²) in [7, 11) is 1.41. The van der Waals surface area contributed by atoms with E-state index in [9.17, 15) is 14.7 Å². The fourth-order valence-electron chi connectivity index (χ4n) is 7.01. The van der Waals surface area contributed by atoms with Crippen LogP contribution in [0.2, 0.25) is 0 Å². The van der Waals surface area contributed by atoms with Gasteiger partial charge in [-0.2, -0.15) is 4.98 Å². The highest BCUT2D eigenvalue weighted by atomic mass is 35.5. The number of H-pyrrole nitrogens is 1. The number of aliphatic hydroxyl groups excluding tert-OH is 1. The van der Waals surface area contributed by atoms with Crippen LogP contribution in [0, 0.1) is 28.6 Å². The van der Waals surface area contributed by atoms with Crippen molar-refractivity contribution in [2.24, 2.45) is 28.6 Å². The molecule has 8 nitrogen and oxygen atoms in total. The summed E-state index contributed by atoms with van der Waals surface area (Å²) in [6, 6.07) is 0.00573. The number of hydrogen-bond donors (Lipinski definition) is 2. The SMILES string of the molecule is COc1nc2c(C(=O)OC3C(C(C)(C)C)CC(C)CC3C(C)(C)C)c(C3CCC(Cl)CC3)c(CO)n2c(=O)[nH]1. The van der Waals surface area contributed by atoms with Gasteiger partial charge in [0.1, 0.15) is 11.7 Å². The highest BCUT2D eigenvalue weighted by molar-refractivity contribution is 6.20. The maximum atomic E-state index is 14.4. The van der Waals surface area contributed by atoms with Gasteiger partial charge in [0.2, 0.25) is 0 Å². The van der Waals surface area contributed by atoms with Crippen molar-refractivity contribution in [2.75, 3.05) is 7.11 Å². The molecule has 2 atom stereocenters. The van der Waals surface area contributed by atoms with E-state index in [-0.39, 0.29) is 57.3 Å². The number of aromatic nitrogens is 3. The van der Waals surface area contributed by atoms with Crippen molar-refractivity contribution in [3.05, 3.63) is 27.3 Å². The van der Waals surface area contributed by atoms with E-state index in [0.717, 1.165) is 38.5 Å². The first-order chi connectivity index (χ1) is 18.2. The van der Waals surface area contributed by atoms with Crippen LogP contribution in [0.25, 0.3) is 5.65 Å². The molecule has 2 aliphatic carbocycles. The Kier molecular flexibility index (Phi) is 8.49. The molecule has 2 saturated carbocycles. The summed E-state index contributed by atoms with van der Waals surface area (Å²) in [4.78, 5) is 34.6. The standard InChI is InChI=1S/C30H46ClN3O5/c1-16-13-19(29(2,3)4)24(20(14-16)30(5,6)7)39-26(36)23-22(17-9-11-18(31)12-10-17)21(15-35)34-25(23)32-27(38-8)33-28(34)37/h16-20,24,35H,9-15H2,1-8H3,(H,32,33,37). The van der Waals surface area contributed by atoms with Crippen molar-refractivity contribution in [1.29, 1.82) is 0 Å². The lowest BCUT2D eigenvalue weighted by molar-refractivity contribution is -0.0923. The van der Waals surface area contributed by atoms with Gasteiger partial charge in [0.25, 0.3) is 6.01 Å². The number of aromatic amines is 1. The molecule has 2 aromatic rings. The van der Waals surface area contributed by atoms with Gasteiger partial charge < -0.3 is 14.6 Å². The number of rotatable bonds is 5. The third kappa shape index (κ3) is 5.88. The second kappa shape index (κ2) is 11.1. The van der Waals surface area contributed by atoms with E-state index in [1.807, 2.05) is 0 Å². The van der Waals surface area contributed by atoms with Crippen molar-refractivity contribution in [2.45, 2.75) is 111 Å². The molecule has 2 aromatic heterocycles. The molecule has 9 heteroatoms. The zero-order valence-electron chi connectivity index (χ0n) is 24.8. The van der Waals surface area contributed by atoms with Crippen LogP contribution in [0.3, 0.4) is 0 Å². The quantitative estimate of drug-likeness (QED) is 0.338. The van der Waals surface area contributed by atoms with Gasteiger partial charge in [-0.15, -0.1) is 11.6 Å². The average Bonchev–Trinajstić information content (AvgIpc) is 3.18. The molecular weight excluding hydrogens is 518 g/mol. The van der Waals surface area contributed by atoms with Crippen LogP contribution < -0.4 is 10.4 Å². The van der Waals surface area contributed by atoms with Crippen LogP contribution >= 0.6 is 11.6 Å². The molecule has 0 aliphatic heterocycles. The summed E-state index contributed by atoms with van der Waals surface area (Å²) in [5.41, 5.74) is 0.811. The first-order valence-electron chi connectivity index (χ1n) is 14.3. The van der Waals surface area contributed by atoms with E-state index in [4.69, 9.17) is 21.1 Å². The minimum Gasteiger partial charge on any atom is -0.468 e. The van der Waals surface area contributed by atoms with Gasteiger partial charge in [-0.25, -0.2) is 14.0 Å². The Balaban J connectivity index is 1.89. The molecule has 2 aliphatic rings. The van der Waals surface area contributed by atoms with E-state index in [1.54, 1.807) is 0 Å². The highest BCUT2D eigenvalue weighted by Gasteiger charge is 2.48. The number of hydrogen-bond acceptors (Lipinski definition) is 6. The molecular formula is C30H46ClN3O5. The fraction of sp³-hybridized carbons (Fsp3) is 0.767. The molecule has 2 unspecified atom stereocenters. The largest absolute Gasteiger partial charge is 0.468 e. The number of fused-ring (bicyclic) bond motifs is 1. The third-order valence-electron chi connectivity index (χ3n) is 9.10. The predicted octanol–water partition coefficient (Wildman–Crippen LogP) is 6.07. The Morgan fingerprint density at radius 3 is 2.13 bits per heavy atom. The van der Waals surface area contributed by atoms with Crippen LogP contribution in [-0.4, -0.2) is 44.0 Å². The molecule has 0 spiro atoms. The summed E-state index contributed by atoms with van der Waals surface area (Å²) < 4.78 is 13.1. The Morgan fingerprint density at radius 2 is 1.64 bits per heavy atom. The number of esters is 1. The summed E-state index contributed by atoms with van der Waals surface area (Å²) >= 11 is 6.42. The smallest absolute Gasteiger partial charge is 0.342 e. The normalized spacial score (nSPS) is 28.5.